The molecule has 0 aromatic heterocycles. The van der Waals surface area contributed by atoms with Gasteiger partial charge in [0.2, 0.25) is 0 Å². The molecule has 3 nitrogen and oxygen atoms in total. The quantitative estimate of drug-likeness (QED) is 0.677. The van der Waals surface area contributed by atoms with E-state index in [1.807, 2.05) is 19.1 Å². The number of hydrogen-bond acceptors (Lipinski definition) is 2. The molecule has 0 bridgehead atoms. The van der Waals surface area contributed by atoms with E-state index >= 15 is 0 Å². The second kappa shape index (κ2) is 7.75. The summed E-state index contributed by atoms with van der Waals surface area (Å²) in [6, 6.07) is 9.38. The van der Waals surface area contributed by atoms with Gasteiger partial charge in [0.1, 0.15) is 4.90 Å². The molecule has 0 aliphatic rings. The van der Waals surface area contributed by atoms with Gasteiger partial charge in [-0.3, -0.25) is 4.55 Å². The standard InChI is InChI=1S/C16H20O3S.Na/c1-3-7-12-11-13-9-5-6-10-15(13)16(20(17,18)19)14(12)8-4-2;/h5-6,9-11H,3-4,7-8H2,1-2H3,(H,17,18,19);. The van der Waals surface area contributed by atoms with Crippen LogP contribution in [0.2, 0.25) is 0 Å². The summed E-state index contributed by atoms with van der Waals surface area (Å²) >= 11 is 0. The van der Waals surface area contributed by atoms with Crippen LogP contribution in [0.3, 0.4) is 0 Å². The van der Waals surface area contributed by atoms with Gasteiger partial charge in [0.05, 0.1) is 0 Å². The smallest absolute Gasteiger partial charge is 0.282 e. The molecule has 0 atom stereocenters. The van der Waals surface area contributed by atoms with Crippen molar-refractivity contribution in [1.82, 2.24) is 0 Å². The second-order valence-corrected chi connectivity index (χ2v) is 6.40. The van der Waals surface area contributed by atoms with E-state index in [4.69, 9.17) is 0 Å². The number of aryl methyl sites for hydroxylation is 1. The van der Waals surface area contributed by atoms with E-state index < -0.39 is 10.1 Å². The molecule has 21 heavy (non-hydrogen) atoms. The van der Waals surface area contributed by atoms with Crippen molar-refractivity contribution in [1.29, 1.82) is 0 Å². The summed E-state index contributed by atoms with van der Waals surface area (Å²) in [6.07, 6.45) is 3.27. The van der Waals surface area contributed by atoms with E-state index in [1.165, 1.54) is 0 Å². The van der Waals surface area contributed by atoms with Crippen LogP contribution in [0.4, 0.5) is 0 Å². The van der Waals surface area contributed by atoms with Crippen molar-refractivity contribution >= 4 is 50.4 Å². The first-order valence-electron chi connectivity index (χ1n) is 7.00. The molecule has 0 amide bonds. The predicted octanol–water partition coefficient (Wildman–Crippen LogP) is 3.61. The molecular weight excluding hydrogens is 295 g/mol. The topological polar surface area (TPSA) is 54.4 Å². The summed E-state index contributed by atoms with van der Waals surface area (Å²) in [7, 11) is -4.22. The Hall–Kier alpha value is -0.390. The maximum absolute atomic E-state index is 11.9. The van der Waals surface area contributed by atoms with Crippen molar-refractivity contribution in [2.24, 2.45) is 0 Å². The van der Waals surface area contributed by atoms with Gasteiger partial charge in [-0.2, -0.15) is 8.42 Å². The molecular formula is C16H20NaO3S. The van der Waals surface area contributed by atoms with Crippen molar-refractivity contribution in [3.8, 4) is 0 Å². The molecule has 0 saturated heterocycles. The average Bonchev–Trinajstić information content (AvgIpc) is 2.38. The van der Waals surface area contributed by atoms with Gasteiger partial charge in [-0.25, -0.2) is 0 Å². The molecule has 2 rings (SSSR count). The van der Waals surface area contributed by atoms with Gasteiger partial charge < -0.3 is 0 Å². The van der Waals surface area contributed by atoms with Gasteiger partial charge in [-0.15, -0.1) is 0 Å². The van der Waals surface area contributed by atoms with E-state index in [9.17, 15) is 13.0 Å². The monoisotopic (exact) mass is 315 g/mol. The summed E-state index contributed by atoms with van der Waals surface area (Å²) in [5.74, 6) is 0. The van der Waals surface area contributed by atoms with Gasteiger partial charge in [-0.05, 0) is 29.4 Å². The number of hydrogen-bond donors (Lipinski definition) is 1. The van der Waals surface area contributed by atoms with Crippen molar-refractivity contribution < 1.29 is 13.0 Å². The molecule has 2 aromatic rings. The Morgan fingerprint density at radius 2 is 1.67 bits per heavy atom. The van der Waals surface area contributed by atoms with E-state index in [0.29, 0.717) is 11.8 Å². The first-order chi connectivity index (χ1) is 9.49. The van der Waals surface area contributed by atoms with E-state index in [2.05, 4.69) is 13.0 Å². The third-order valence-corrected chi connectivity index (χ3v) is 4.46. The predicted molar refractivity (Wildman–Crippen MR) is 87.5 cm³/mol. The summed E-state index contributed by atoms with van der Waals surface area (Å²) in [6.45, 7) is 4.08. The molecule has 0 unspecified atom stereocenters. The number of rotatable bonds is 5. The van der Waals surface area contributed by atoms with E-state index in [0.717, 1.165) is 35.8 Å². The summed E-state index contributed by atoms with van der Waals surface area (Å²) in [5, 5.41) is 1.47. The molecule has 0 fully saturated rings. The summed E-state index contributed by atoms with van der Waals surface area (Å²) < 4.78 is 33.4. The number of benzene rings is 2. The van der Waals surface area contributed by atoms with Crippen molar-refractivity contribution in [2.75, 3.05) is 0 Å². The minimum absolute atomic E-state index is 0. The normalized spacial score (nSPS) is 11.4. The molecule has 0 spiro atoms. The minimum Gasteiger partial charge on any atom is -0.282 e. The van der Waals surface area contributed by atoms with Crippen LogP contribution in [-0.2, 0) is 23.0 Å². The Kier molecular flexibility index (Phi) is 6.88. The average molecular weight is 315 g/mol. The van der Waals surface area contributed by atoms with Crippen LogP contribution in [0.15, 0.2) is 35.2 Å². The fraction of sp³-hybridized carbons (Fsp3) is 0.375. The first kappa shape index (κ1) is 18.7. The third-order valence-electron chi connectivity index (χ3n) is 3.47. The van der Waals surface area contributed by atoms with Gasteiger partial charge in [-0.1, -0.05) is 57.0 Å². The number of fused-ring (bicyclic) bond motifs is 1. The zero-order valence-electron chi connectivity index (χ0n) is 12.9. The first-order valence-corrected chi connectivity index (χ1v) is 8.44. The zero-order chi connectivity index (χ0) is 14.8. The molecule has 109 valence electrons. The summed E-state index contributed by atoms with van der Waals surface area (Å²) in [4.78, 5) is 0.0981. The SMILES string of the molecule is CCCc1cc2ccccc2c(S(=O)(=O)O)c1CCC.[Na]. The molecule has 0 aliphatic carbocycles. The Morgan fingerprint density at radius 3 is 2.24 bits per heavy atom. The van der Waals surface area contributed by atoms with Crippen molar-refractivity contribution in [3.63, 3.8) is 0 Å². The van der Waals surface area contributed by atoms with Crippen LogP contribution >= 0.6 is 0 Å². The zero-order valence-corrected chi connectivity index (χ0v) is 15.7. The van der Waals surface area contributed by atoms with Crippen molar-refractivity contribution in [3.05, 3.63) is 41.5 Å². The van der Waals surface area contributed by atoms with Crippen LogP contribution in [0.25, 0.3) is 10.8 Å². The van der Waals surface area contributed by atoms with E-state index in [1.54, 1.807) is 12.1 Å². The molecule has 0 saturated carbocycles. The van der Waals surface area contributed by atoms with E-state index in [-0.39, 0.29) is 34.5 Å². The molecule has 1 radical (unpaired) electrons. The molecule has 2 aromatic carbocycles. The minimum atomic E-state index is -4.22. The van der Waals surface area contributed by atoms with Gasteiger partial charge in [0, 0.05) is 34.9 Å². The Bertz CT molecular complexity index is 724. The van der Waals surface area contributed by atoms with Gasteiger partial charge in [0.25, 0.3) is 10.1 Å². The molecule has 1 N–H and O–H groups in total. The fourth-order valence-electron chi connectivity index (χ4n) is 2.72. The largest absolute Gasteiger partial charge is 0.295 e. The summed E-state index contributed by atoms with van der Waals surface area (Å²) in [5.41, 5.74) is 1.80. The molecule has 0 aliphatic heterocycles. The maximum atomic E-state index is 11.9. The van der Waals surface area contributed by atoms with Crippen LogP contribution < -0.4 is 0 Å². The second-order valence-electron chi connectivity index (χ2n) is 5.04. The molecule has 0 heterocycles. The Balaban J connectivity index is 0.00000220. The Labute approximate surface area is 148 Å². The van der Waals surface area contributed by atoms with Crippen molar-refractivity contribution in [2.45, 2.75) is 44.4 Å². The Morgan fingerprint density at radius 1 is 1.05 bits per heavy atom. The third kappa shape index (κ3) is 4.08. The van der Waals surface area contributed by atoms with Gasteiger partial charge in [0.15, 0.2) is 0 Å². The fourth-order valence-corrected chi connectivity index (χ4v) is 3.73. The van der Waals surface area contributed by atoms with Gasteiger partial charge >= 0.3 is 0 Å². The maximum Gasteiger partial charge on any atom is 0.295 e. The van der Waals surface area contributed by atoms with Crippen LogP contribution in [0.5, 0.6) is 0 Å². The van der Waals surface area contributed by atoms with Crippen LogP contribution in [0, 0.1) is 0 Å². The molecule has 5 heteroatoms. The van der Waals surface area contributed by atoms with Crippen LogP contribution in [-0.4, -0.2) is 42.5 Å². The van der Waals surface area contributed by atoms with Crippen LogP contribution in [0.1, 0.15) is 37.8 Å².